The topological polar surface area (TPSA) is 162 Å². The Morgan fingerprint density at radius 3 is 1.74 bits per heavy atom. The molecule has 6 fully saturated rings. The van der Waals surface area contributed by atoms with Crippen LogP contribution < -0.4 is 0 Å². The molecule has 0 bridgehead atoms. The van der Waals surface area contributed by atoms with E-state index in [1.54, 1.807) is 12.1 Å². The number of ketones is 1. The number of fused-ring (bicyclic) bond motifs is 1. The lowest BCUT2D eigenvalue weighted by Crippen LogP contribution is -2.69. The fourth-order valence-electron chi connectivity index (χ4n) is 13.8. The minimum Gasteiger partial charge on any atom is -0.414 e. The molecule has 6 aliphatic rings. The van der Waals surface area contributed by atoms with Gasteiger partial charge in [0.25, 0.3) is 0 Å². The van der Waals surface area contributed by atoms with Crippen molar-refractivity contribution in [2.75, 3.05) is 19.8 Å². The van der Waals surface area contributed by atoms with Crippen LogP contribution in [0.15, 0.2) is 63.6 Å². The zero-order chi connectivity index (χ0) is 75.7. The summed E-state index contributed by atoms with van der Waals surface area (Å²) in [5.41, 5.74) is 3.05. The molecular weight excluding hydrogens is 1490 g/mol. The molecule has 0 radical (unpaired) electrons. The zero-order valence-electron chi connectivity index (χ0n) is 67.8. The molecule has 1 aromatic carbocycles. The molecule has 16 atom stereocenters. The normalized spacial score (nSPS) is 29.5. The van der Waals surface area contributed by atoms with Crippen molar-refractivity contribution in [2.45, 2.75) is 400 Å². The summed E-state index contributed by atoms with van der Waals surface area (Å²) in [6.07, 6.45) is 5.02. The first-order chi connectivity index (χ1) is 46.3. The molecule has 0 spiro atoms. The predicted octanol–water partition coefficient (Wildman–Crippen LogP) is 19.9. The van der Waals surface area contributed by atoms with Crippen molar-refractivity contribution in [3.8, 4) is 0 Å². The number of hydrogen-bond acceptors (Lipinski definition) is 15. The standard InChI is InChI=1S/C79H141IO15SSi5/c1-29-55-32-38-61(39-33-55)96(82,83)74(63(81)50-58-36-41-65-70(90-58)72(94-100(25,26)78(13,14)15)73(95-101(27,28)79(16,17)18)71(91-65)66(43-44-80)93-99(23,24)77(10,11)12)62-49-59(48-60(92-98(21,22)76(7,8)9)52-86-97(19,20)75(4,5)6)89-68(62)51-67-53(2)31-34-56(87-67)35-40-64-54(3)47-57(88-64)37-42-69-84-45-30-46-85-69/h32-33,38-39,43-44,56-60,62,64-74H,2-3,29-31,34-37,40-42,45-52H2,1,4-28H3/b44-43+/t56-,57+,58-,59-,60+,62-,64+,65+,66?,67-,68+,70?,71?,72?,73?,74?/m1/s1. The van der Waals surface area contributed by atoms with E-state index in [9.17, 15) is 0 Å². The first-order valence-electron chi connectivity index (χ1n) is 38.7. The van der Waals surface area contributed by atoms with Crippen LogP contribution in [0.1, 0.15) is 206 Å². The minimum atomic E-state index is -4.41. The number of Topliss-reactive ketones (excluding diaryl/α,β-unsaturated/α-hetero) is 1. The highest BCUT2D eigenvalue weighted by Crippen LogP contribution is 2.50. The fraction of sp³-hybridized carbons (Fsp3) is 0.835. The maximum Gasteiger partial charge on any atom is 0.193 e. The highest BCUT2D eigenvalue weighted by Gasteiger charge is 2.59. The lowest BCUT2D eigenvalue weighted by molar-refractivity contribution is -0.266. The Kier molecular flexibility index (Phi) is 29.8. The van der Waals surface area contributed by atoms with E-state index in [2.05, 4.69) is 218 Å². The van der Waals surface area contributed by atoms with Gasteiger partial charge in [-0.3, -0.25) is 4.79 Å². The van der Waals surface area contributed by atoms with Gasteiger partial charge in [-0.1, -0.05) is 159 Å². The van der Waals surface area contributed by atoms with Gasteiger partial charge in [0, 0.05) is 31.6 Å². The van der Waals surface area contributed by atoms with Crippen molar-refractivity contribution in [1.29, 1.82) is 0 Å². The van der Waals surface area contributed by atoms with Gasteiger partial charge >= 0.3 is 0 Å². The molecule has 1 aromatic rings. The monoisotopic (exact) mass is 1630 g/mol. The molecule has 580 valence electrons. The van der Waals surface area contributed by atoms with Crippen LogP contribution in [0, 0.1) is 5.92 Å². The smallest absolute Gasteiger partial charge is 0.193 e. The second kappa shape index (κ2) is 34.3. The van der Waals surface area contributed by atoms with Gasteiger partial charge in [-0.2, -0.15) is 0 Å². The number of aryl methyl sites for hydroxylation is 1. The van der Waals surface area contributed by atoms with Crippen LogP contribution in [-0.4, -0.2) is 173 Å². The zero-order valence-corrected chi connectivity index (χ0v) is 75.8. The highest BCUT2D eigenvalue weighted by molar-refractivity contribution is 14.1. The maximum absolute atomic E-state index is 16.5. The minimum absolute atomic E-state index is 0.0463. The Labute approximate surface area is 633 Å². The van der Waals surface area contributed by atoms with Gasteiger partial charge in [0.2, 0.25) is 0 Å². The van der Waals surface area contributed by atoms with Crippen LogP contribution in [-0.2, 0) is 76.3 Å². The second-order valence-electron chi connectivity index (χ2n) is 38.4. The number of rotatable bonds is 30. The van der Waals surface area contributed by atoms with Gasteiger partial charge < -0.3 is 55.3 Å². The molecule has 6 heterocycles. The SMILES string of the molecule is C=C1C[C@H](CCC2OCCCO2)O[C@H]1CC[C@H]1CCC(=C)[C@@H](C[C@@H]2O[C@H](C[C@@H](CO[Si](C)(C)C(C)(C)C)O[Si](C)(C)C(C)(C)C)C[C@H]2C(C(=O)C[C@H]2CC[C@@H]3OC(C(/C=C/I)O[Si](C)(C)C(C)(C)C)C(O[Si](C)(C)C(C)(C)C)C(O[Si](C)(C)C(C)(C)C)C3O2)S(=O)(=O)c2ccc(CC)cc2)O1. The van der Waals surface area contributed by atoms with Crippen LogP contribution in [0.2, 0.25) is 90.7 Å². The van der Waals surface area contributed by atoms with Gasteiger partial charge in [0.15, 0.2) is 63.5 Å². The van der Waals surface area contributed by atoms with E-state index >= 15 is 13.2 Å². The van der Waals surface area contributed by atoms with E-state index in [0.29, 0.717) is 38.7 Å². The molecule has 6 saturated heterocycles. The summed E-state index contributed by atoms with van der Waals surface area (Å²) in [6.45, 7) is 69.7. The molecule has 6 unspecified atom stereocenters. The number of carbonyl (C=O) groups is 1. The Balaban J connectivity index is 1.28. The number of hydrogen-bond donors (Lipinski definition) is 0. The molecule has 7 rings (SSSR count). The van der Waals surface area contributed by atoms with Gasteiger partial charge in [-0.05, 0) is 200 Å². The average molecular weight is 1630 g/mol. The number of halogens is 1. The molecule has 101 heavy (non-hydrogen) atoms. The van der Waals surface area contributed by atoms with Crippen LogP contribution in [0.3, 0.4) is 0 Å². The van der Waals surface area contributed by atoms with E-state index in [1.807, 2.05) is 16.2 Å². The van der Waals surface area contributed by atoms with E-state index in [-0.39, 0.29) is 67.2 Å². The Bertz CT molecular complexity index is 3030. The van der Waals surface area contributed by atoms with Gasteiger partial charge in [0.1, 0.15) is 29.7 Å². The Morgan fingerprint density at radius 2 is 1.18 bits per heavy atom. The van der Waals surface area contributed by atoms with Gasteiger partial charge in [-0.15, -0.1) is 0 Å². The third kappa shape index (κ3) is 22.3. The van der Waals surface area contributed by atoms with E-state index in [1.165, 1.54) is 0 Å². The number of benzene rings is 1. The average Bonchev–Trinajstić information content (AvgIpc) is 1.24. The molecule has 0 aromatic heterocycles. The number of ether oxygens (including phenoxy) is 7. The van der Waals surface area contributed by atoms with Crippen molar-refractivity contribution in [2.24, 2.45) is 5.92 Å². The van der Waals surface area contributed by atoms with Crippen molar-refractivity contribution in [3.05, 3.63) is 64.3 Å². The molecule has 6 aliphatic heterocycles. The summed E-state index contributed by atoms with van der Waals surface area (Å²) in [4.78, 5) is 16.6. The lowest BCUT2D eigenvalue weighted by Gasteiger charge is -2.56. The largest absolute Gasteiger partial charge is 0.414 e. The summed E-state index contributed by atoms with van der Waals surface area (Å²) >= 11 is 2.30. The molecule has 0 N–H and O–H groups in total. The molecule has 22 heteroatoms. The second-order valence-corrected chi connectivity index (χ2v) is 65.0. The van der Waals surface area contributed by atoms with Gasteiger partial charge in [-0.25, -0.2) is 8.42 Å². The molecule has 0 amide bonds. The van der Waals surface area contributed by atoms with Crippen LogP contribution in [0.5, 0.6) is 0 Å². The summed E-state index contributed by atoms with van der Waals surface area (Å²) < 4.78 is 120. The summed E-state index contributed by atoms with van der Waals surface area (Å²) in [6, 6.07) is 7.14. The Hall–Kier alpha value is -0.606. The Morgan fingerprint density at radius 1 is 0.624 bits per heavy atom. The molecule has 0 saturated carbocycles. The molecule has 15 nitrogen and oxygen atoms in total. The van der Waals surface area contributed by atoms with Gasteiger partial charge in [0.05, 0.1) is 85.8 Å². The van der Waals surface area contributed by atoms with Crippen LogP contribution >= 0.6 is 22.6 Å². The van der Waals surface area contributed by atoms with E-state index in [4.69, 9.17) is 55.3 Å². The fourth-order valence-corrected chi connectivity index (χ4v) is 22.5. The maximum atomic E-state index is 16.5. The molecule has 0 aliphatic carbocycles. The van der Waals surface area contributed by atoms with Crippen LogP contribution in [0.4, 0.5) is 0 Å². The third-order valence-corrected chi connectivity index (χ3v) is 50.6. The highest BCUT2D eigenvalue weighted by atomic mass is 127. The molecular formula is C79H141IO15SSi5. The first-order valence-corrected chi connectivity index (χ1v) is 56.0. The van der Waals surface area contributed by atoms with E-state index in [0.717, 1.165) is 87.7 Å². The van der Waals surface area contributed by atoms with Crippen molar-refractivity contribution >= 4 is 79.8 Å². The first kappa shape index (κ1) is 87.6. The summed E-state index contributed by atoms with van der Waals surface area (Å²) in [5.74, 6) is -1.17. The quantitative estimate of drug-likeness (QED) is 0.0406. The number of carbonyl (C=O) groups excluding carboxylic acids is 1. The third-order valence-electron chi connectivity index (χ3n) is 25.5. The predicted molar refractivity (Wildman–Crippen MR) is 432 cm³/mol. The van der Waals surface area contributed by atoms with E-state index < -0.39 is 129 Å². The van der Waals surface area contributed by atoms with Crippen molar-refractivity contribution in [3.63, 3.8) is 0 Å². The number of sulfone groups is 1. The van der Waals surface area contributed by atoms with Crippen LogP contribution in [0.25, 0.3) is 0 Å². The van der Waals surface area contributed by atoms with Crippen molar-refractivity contribution in [1.82, 2.24) is 0 Å². The summed E-state index contributed by atoms with van der Waals surface area (Å²) in [7, 11) is -16.8. The van der Waals surface area contributed by atoms with Crippen molar-refractivity contribution < 1.29 is 68.5 Å². The lowest BCUT2D eigenvalue weighted by atomic mass is 9.84. The summed E-state index contributed by atoms with van der Waals surface area (Å²) in [5, 5.41) is -2.10.